The average molecular weight is 745 g/mol. The van der Waals surface area contributed by atoms with Crippen LogP contribution < -0.4 is 36.8 Å². The van der Waals surface area contributed by atoms with Crippen LogP contribution in [0.5, 0.6) is 5.75 Å². The Morgan fingerprint density at radius 3 is 2.56 bits per heavy atom. The Kier molecular flexibility index (Phi) is 11.6. The number of thiazole rings is 1. The van der Waals surface area contributed by atoms with Crippen molar-refractivity contribution in [3.63, 3.8) is 0 Å². The molecule has 17 heteroatoms. The first-order valence-electron chi connectivity index (χ1n) is 16.6. The molecule has 0 unspecified atom stereocenters. The first-order chi connectivity index (χ1) is 25.1. The van der Waals surface area contributed by atoms with Crippen molar-refractivity contribution in [1.82, 2.24) is 34.7 Å². The smallest absolute Gasteiger partial charge is 0.332 e. The summed E-state index contributed by atoms with van der Waals surface area (Å²) in [4.78, 5) is 69.2. The highest BCUT2D eigenvalue weighted by Crippen LogP contribution is 2.28. The molecule has 1 fully saturated rings. The van der Waals surface area contributed by atoms with Crippen molar-refractivity contribution in [2.75, 3.05) is 61.4 Å². The van der Waals surface area contributed by atoms with Gasteiger partial charge in [-0.1, -0.05) is 35.1 Å². The number of aromatic amines is 1. The molecule has 15 nitrogen and oxygen atoms in total. The van der Waals surface area contributed by atoms with E-state index in [2.05, 4.69) is 45.7 Å². The number of nitrogens with one attached hydrogen (secondary N) is 4. The van der Waals surface area contributed by atoms with Crippen LogP contribution in [0.2, 0.25) is 5.02 Å². The minimum Gasteiger partial charge on any atom is -0.484 e. The molecule has 1 aliphatic rings. The third-order valence-electron chi connectivity index (χ3n) is 8.23. The maximum absolute atomic E-state index is 12.9. The van der Waals surface area contributed by atoms with Gasteiger partial charge in [0.2, 0.25) is 0 Å². The van der Waals surface area contributed by atoms with Crippen molar-refractivity contribution in [1.29, 1.82) is 0 Å². The van der Waals surface area contributed by atoms with Crippen LogP contribution in [-0.4, -0.2) is 87.1 Å². The number of carbonyl (C=O) groups is 2. The van der Waals surface area contributed by atoms with Crippen molar-refractivity contribution < 1.29 is 14.3 Å². The molecule has 52 heavy (non-hydrogen) atoms. The lowest BCUT2D eigenvalue weighted by Crippen LogP contribution is -2.47. The van der Waals surface area contributed by atoms with Gasteiger partial charge in [-0.3, -0.25) is 28.8 Å². The van der Waals surface area contributed by atoms with Gasteiger partial charge in [-0.15, -0.1) is 0 Å². The molecule has 0 spiro atoms. The number of aromatic nitrogens is 5. The zero-order chi connectivity index (χ0) is 36.6. The van der Waals surface area contributed by atoms with Gasteiger partial charge in [0, 0.05) is 51.1 Å². The van der Waals surface area contributed by atoms with E-state index in [9.17, 15) is 19.2 Å². The van der Waals surface area contributed by atoms with E-state index >= 15 is 0 Å². The van der Waals surface area contributed by atoms with E-state index in [4.69, 9.17) is 16.3 Å². The molecule has 270 valence electrons. The van der Waals surface area contributed by atoms with Gasteiger partial charge in [0.25, 0.3) is 17.4 Å². The summed E-state index contributed by atoms with van der Waals surface area (Å²) >= 11 is 7.49. The van der Waals surface area contributed by atoms with Gasteiger partial charge < -0.3 is 25.6 Å². The summed E-state index contributed by atoms with van der Waals surface area (Å²) < 4.78 is 6.89. The molecule has 1 saturated heterocycles. The highest BCUT2D eigenvalue weighted by Gasteiger charge is 2.20. The number of para-hydroxylation sites is 1. The van der Waals surface area contributed by atoms with Gasteiger partial charge in [0.15, 0.2) is 11.7 Å². The Bertz CT molecular complexity index is 2140. The summed E-state index contributed by atoms with van der Waals surface area (Å²) in [5, 5.41) is 9.99. The summed E-state index contributed by atoms with van der Waals surface area (Å²) in [6.45, 7) is 8.22. The molecule has 0 atom stereocenters. The second kappa shape index (κ2) is 16.6. The van der Waals surface area contributed by atoms with Gasteiger partial charge in [-0.2, -0.15) is 0 Å². The van der Waals surface area contributed by atoms with E-state index in [0.717, 1.165) is 50.5 Å². The summed E-state index contributed by atoms with van der Waals surface area (Å²) in [5.74, 6) is 1.99. The second-order valence-electron chi connectivity index (χ2n) is 12.0. The third kappa shape index (κ3) is 9.39. The predicted molar refractivity (Wildman–Crippen MR) is 201 cm³/mol. The lowest BCUT2D eigenvalue weighted by Gasteiger charge is -2.35. The topological polar surface area (TPSA) is 179 Å². The lowest BCUT2D eigenvalue weighted by atomic mass is 10.2. The molecule has 0 saturated carbocycles. The molecule has 4 N–H and O–H groups in total. The number of aryl methyl sites for hydroxylation is 2. The highest BCUT2D eigenvalue weighted by atomic mass is 35.5. The zero-order valence-electron chi connectivity index (χ0n) is 28.5. The van der Waals surface area contributed by atoms with Gasteiger partial charge >= 0.3 is 5.69 Å². The number of hydrogen-bond acceptors (Lipinski definition) is 12. The SMILES string of the molecule is Cc1nc(Nc2ncc(C(=O)Nc3c(C)cccc3Cl)s2)cc(N2CCN(CCCNC(=O)COc3ccc(-n4ccc(=O)[nH]c4=O)cc3)CC2)n1. The van der Waals surface area contributed by atoms with E-state index in [0.29, 0.717) is 50.3 Å². The summed E-state index contributed by atoms with van der Waals surface area (Å²) in [7, 11) is 0. The average Bonchev–Trinajstić information content (AvgIpc) is 3.60. The maximum Gasteiger partial charge on any atom is 0.332 e. The normalized spacial score (nSPS) is 13.1. The highest BCUT2D eigenvalue weighted by molar-refractivity contribution is 7.17. The van der Waals surface area contributed by atoms with Crippen LogP contribution in [0.3, 0.4) is 0 Å². The predicted octanol–water partition coefficient (Wildman–Crippen LogP) is 3.75. The van der Waals surface area contributed by atoms with E-state index < -0.39 is 11.2 Å². The van der Waals surface area contributed by atoms with E-state index in [1.54, 1.807) is 30.3 Å². The molecule has 1 aliphatic heterocycles. The summed E-state index contributed by atoms with van der Waals surface area (Å²) in [6.07, 6.45) is 3.71. The number of anilines is 4. The number of hydrogen-bond donors (Lipinski definition) is 4. The number of halogens is 1. The van der Waals surface area contributed by atoms with E-state index in [1.165, 1.54) is 34.4 Å². The number of rotatable bonds is 13. The quantitative estimate of drug-likeness (QED) is 0.129. The molecule has 0 radical (unpaired) electrons. The lowest BCUT2D eigenvalue weighted by molar-refractivity contribution is -0.123. The number of piperazine rings is 1. The van der Waals surface area contributed by atoms with Crippen LogP contribution in [0, 0.1) is 13.8 Å². The monoisotopic (exact) mass is 744 g/mol. The molecule has 6 rings (SSSR count). The minimum absolute atomic E-state index is 0.131. The molecule has 3 aromatic heterocycles. The Morgan fingerprint density at radius 1 is 1.02 bits per heavy atom. The standard InChI is InChI=1S/C35H37ClN10O5S/c1-22-5-3-6-26(36)32(22)43-33(49)27-20-38-34(52-27)41-28-19-29(40-23(2)39-28)45-17-15-44(16-18-45)13-4-12-37-31(48)21-51-25-9-7-24(8-10-25)46-14-11-30(47)42-35(46)50/h3,5-11,14,19-20H,4,12-13,15-18,21H2,1-2H3,(H,37,48)(H,43,49)(H,42,47,50)(H,38,39,40,41). The van der Waals surface area contributed by atoms with Gasteiger partial charge in [0.1, 0.15) is 28.1 Å². The van der Waals surface area contributed by atoms with E-state index in [1.807, 2.05) is 32.0 Å². The Morgan fingerprint density at radius 2 is 1.81 bits per heavy atom. The molecular weight excluding hydrogens is 708 g/mol. The zero-order valence-corrected chi connectivity index (χ0v) is 30.1. The van der Waals surface area contributed by atoms with Crippen molar-refractivity contribution in [3.8, 4) is 11.4 Å². The maximum atomic E-state index is 12.9. The Labute approximate surface area is 307 Å². The van der Waals surface area contributed by atoms with Crippen LogP contribution in [0.4, 0.5) is 22.5 Å². The van der Waals surface area contributed by atoms with Crippen LogP contribution in [0.25, 0.3) is 5.69 Å². The molecule has 2 aromatic carbocycles. The van der Waals surface area contributed by atoms with Crippen molar-refractivity contribution in [2.45, 2.75) is 20.3 Å². The van der Waals surface area contributed by atoms with Crippen molar-refractivity contribution in [3.05, 3.63) is 109 Å². The second-order valence-corrected chi connectivity index (χ2v) is 13.4. The fraction of sp³-hybridized carbons (Fsp3) is 0.286. The first kappa shape index (κ1) is 36.2. The summed E-state index contributed by atoms with van der Waals surface area (Å²) in [6, 6.07) is 15.2. The fourth-order valence-corrected chi connectivity index (χ4v) is 6.53. The number of H-pyrrole nitrogens is 1. The van der Waals surface area contributed by atoms with Gasteiger partial charge in [-0.05, 0) is 62.7 Å². The number of amides is 2. The van der Waals surface area contributed by atoms with Crippen LogP contribution in [0.1, 0.15) is 27.5 Å². The number of ether oxygens (including phenoxy) is 1. The van der Waals surface area contributed by atoms with Gasteiger partial charge in [-0.25, -0.2) is 19.7 Å². The number of nitrogens with zero attached hydrogens (tertiary/aromatic N) is 6. The van der Waals surface area contributed by atoms with E-state index in [-0.39, 0.29) is 18.4 Å². The molecule has 4 heterocycles. The van der Waals surface area contributed by atoms with Gasteiger partial charge in [0.05, 0.1) is 22.6 Å². The molecule has 0 bridgehead atoms. The number of benzene rings is 2. The van der Waals surface area contributed by atoms with Crippen LogP contribution in [-0.2, 0) is 4.79 Å². The fourth-order valence-electron chi connectivity index (χ4n) is 5.54. The third-order valence-corrected chi connectivity index (χ3v) is 9.45. The molecular formula is C35H37ClN10O5S. The number of carbonyl (C=O) groups excluding carboxylic acids is 2. The molecule has 5 aromatic rings. The Balaban J connectivity index is 0.908. The molecule has 0 aliphatic carbocycles. The minimum atomic E-state index is -0.538. The Hall–Kier alpha value is -5.58. The first-order valence-corrected chi connectivity index (χ1v) is 17.7. The van der Waals surface area contributed by atoms with Crippen molar-refractivity contribution in [2.24, 2.45) is 0 Å². The summed E-state index contributed by atoms with van der Waals surface area (Å²) in [5.41, 5.74) is 1.00. The molecule has 2 amide bonds. The van der Waals surface area contributed by atoms with Crippen molar-refractivity contribution >= 4 is 57.2 Å². The van der Waals surface area contributed by atoms with Crippen LogP contribution >= 0.6 is 22.9 Å². The van der Waals surface area contributed by atoms with Crippen LogP contribution in [0.15, 0.2) is 76.6 Å². The largest absolute Gasteiger partial charge is 0.484 e.